The van der Waals surface area contributed by atoms with Gasteiger partial charge in [-0.25, -0.2) is 23.3 Å². The molecule has 12 nitrogen and oxygen atoms in total. The monoisotopic (exact) mass is 635 g/mol. The first kappa shape index (κ1) is 28.9. The first-order chi connectivity index (χ1) is 21.7. The summed E-state index contributed by atoms with van der Waals surface area (Å²) in [4.78, 5) is 40.5. The van der Waals surface area contributed by atoms with Crippen LogP contribution in [0.5, 0.6) is 0 Å². The molecule has 1 saturated heterocycles. The van der Waals surface area contributed by atoms with Crippen molar-refractivity contribution in [1.29, 1.82) is 0 Å². The third-order valence-electron chi connectivity index (χ3n) is 11.2. The van der Waals surface area contributed by atoms with Gasteiger partial charge in [0.2, 0.25) is 15.9 Å². The lowest BCUT2D eigenvalue weighted by Crippen LogP contribution is -2.62. The first-order valence-electron chi connectivity index (χ1n) is 16.3. The van der Waals surface area contributed by atoms with E-state index in [-0.39, 0.29) is 29.0 Å². The number of pyridine rings is 1. The number of nitrogens with one attached hydrogen (secondary N) is 1. The molecule has 1 aromatic heterocycles. The van der Waals surface area contributed by atoms with Gasteiger partial charge in [-0.05, 0) is 87.0 Å². The average molecular weight is 636 g/mol. The Hall–Kier alpha value is -3.58. The second kappa shape index (κ2) is 10.8. The maximum absolute atomic E-state index is 13.2. The number of fused-ring (bicyclic) bond motifs is 1. The fraction of sp³-hybridized carbons (Fsp3) is 0.594. The minimum absolute atomic E-state index is 0.00761. The van der Waals surface area contributed by atoms with E-state index in [1.54, 1.807) is 9.37 Å². The molecule has 1 aromatic carbocycles. The summed E-state index contributed by atoms with van der Waals surface area (Å²) >= 11 is 0. The van der Waals surface area contributed by atoms with E-state index in [1.165, 1.54) is 0 Å². The summed E-state index contributed by atoms with van der Waals surface area (Å²) in [6, 6.07) is 11.9. The van der Waals surface area contributed by atoms with Crippen molar-refractivity contribution >= 4 is 44.9 Å². The van der Waals surface area contributed by atoms with E-state index in [9.17, 15) is 18.0 Å². The van der Waals surface area contributed by atoms with E-state index < -0.39 is 21.5 Å². The van der Waals surface area contributed by atoms with Gasteiger partial charge in [-0.3, -0.25) is 4.79 Å². The Bertz CT molecular complexity index is 1580. The molecule has 3 heterocycles. The van der Waals surface area contributed by atoms with Gasteiger partial charge in [0.25, 0.3) is 0 Å². The standard InChI is InChI=1S/C32H41N7O5S/c33-30(40)32-17-21-15-22(18-32)29(23(16-21)19-32)35-31(41)44-39-14-13-38(26-3-1-2-4-27(26)39)24-5-8-28(34-20-24)36-9-11-37(12-10-36)45(42,43)25-6-7-25/h1-5,8,20-23,25,29H,6-7,9-19H2,(H2,33,40)(H,35,41)/t21?,22-,23+,29?,32?. The average Bonchev–Trinajstić information content (AvgIpc) is 3.90. The Kier molecular flexibility index (Phi) is 6.90. The Morgan fingerprint density at radius 2 is 1.62 bits per heavy atom. The second-order valence-electron chi connectivity index (χ2n) is 13.9. The lowest BCUT2D eigenvalue weighted by atomic mass is 9.47. The van der Waals surface area contributed by atoms with Crippen molar-refractivity contribution in [2.75, 3.05) is 54.1 Å². The fourth-order valence-electron chi connectivity index (χ4n) is 9.00. The van der Waals surface area contributed by atoms with Crippen LogP contribution >= 0.6 is 0 Å². The van der Waals surface area contributed by atoms with Crippen molar-refractivity contribution in [3.63, 3.8) is 0 Å². The number of aromatic nitrogens is 1. The molecule has 4 bridgehead atoms. The predicted molar refractivity (Wildman–Crippen MR) is 169 cm³/mol. The molecule has 3 N–H and O–H groups in total. The topological polar surface area (TPSA) is 141 Å². The van der Waals surface area contributed by atoms with Crippen molar-refractivity contribution < 1.29 is 22.8 Å². The molecule has 3 unspecified atom stereocenters. The summed E-state index contributed by atoms with van der Waals surface area (Å²) in [5.41, 5.74) is 8.10. The molecule has 7 aliphatic rings. The minimum Gasteiger partial charge on any atom is -0.369 e. The lowest BCUT2D eigenvalue weighted by molar-refractivity contribution is -0.145. The summed E-state index contributed by atoms with van der Waals surface area (Å²) in [6.45, 7) is 3.29. The SMILES string of the molecule is NC(=O)C12CC3C[C@H](C1)C(NC(=O)ON1CCN(c4ccc(N5CCN(S(=O)(=O)C6CC6)CC5)nc4)c4ccccc41)[C@@H](C3)C2. The molecule has 2 amide bonds. The van der Waals surface area contributed by atoms with Crippen LogP contribution in [0.15, 0.2) is 42.6 Å². The summed E-state index contributed by atoms with van der Waals surface area (Å²) in [7, 11) is -3.15. The molecule has 5 saturated carbocycles. The van der Waals surface area contributed by atoms with E-state index in [2.05, 4.69) is 15.1 Å². The van der Waals surface area contributed by atoms with Crippen molar-refractivity contribution in [3.8, 4) is 0 Å². The number of hydrogen-bond donors (Lipinski definition) is 2. The first-order valence-corrected chi connectivity index (χ1v) is 17.8. The number of sulfonamides is 1. The zero-order chi connectivity index (χ0) is 30.9. The number of para-hydroxylation sites is 2. The van der Waals surface area contributed by atoms with Crippen LogP contribution in [0.3, 0.4) is 0 Å². The molecule has 0 spiro atoms. The molecule has 5 aliphatic carbocycles. The molecule has 9 rings (SSSR count). The zero-order valence-corrected chi connectivity index (χ0v) is 26.2. The smallest absolute Gasteiger partial charge is 0.369 e. The van der Waals surface area contributed by atoms with Gasteiger partial charge in [0, 0.05) is 44.2 Å². The summed E-state index contributed by atoms with van der Waals surface area (Å²) in [6.07, 6.45) is 7.44. The molecule has 5 atom stereocenters. The van der Waals surface area contributed by atoms with Crippen LogP contribution in [0.2, 0.25) is 0 Å². The molecular weight excluding hydrogens is 594 g/mol. The Balaban J connectivity index is 0.911. The number of nitrogens with zero attached hydrogens (tertiary/aromatic N) is 5. The van der Waals surface area contributed by atoms with Gasteiger partial charge in [-0.1, -0.05) is 12.1 Å². The highest BCUT2D eigenvalue weighted by molar-refractivity contribution is 7.90. The van der Waals surface area contributed by atoms with Crippen LogP contribution in [0.25, 0.3) is 0 Å². The molecule has 2 aliphatic heterocycles. The van der Waals surface area contributed by atoms with Crippen molar-refractivity contribution in [1.82, 2.24) is 14.6 Å². The van der Waals surface area contributed by atoms with Crippen molar-refractivity contribution in [3.05, 3.63) is 42.6 Å². The van der Waals surface area contributed by atoms with Crippen LogP contribution < -0.4 is 25.9 Å². The molecular formula is C32H41N7O5S. The third kappa shape index (κ3) is 5.08. The van der Waals surface area contributed by atoms with E-state index in [0.29, 0.717) is 45.2 Å². The lowest BCUT2D eigenvalue weighted by Gasteiger charge is -2.58. The molecule has 45 heavy (non-hydrogen) atoms. The van der Waals surface area contributed by atoms with Crippen LogP contribution in [0.1, 0.15) is 44.9 Å². The Morgan fingerprint density at radius 3 is 2.27 bits per heavy atom. The minimum atomic E-state index is -3.15. The van der Waals surface area contributed by atoms with Crippen LogP contribution in [0, 0.1) is 23.2 Å². The number of anilines is 4. The highest BCUT2D eigenvalue weighted by Crippen LogP contribution is 2.60. The van der Waals surface area contributed by atoms with E-state index in [0.717, 1.165) is 67.8 Å². The number of rotatable bonds is 7. The third-order valence-corrected chi connectivity index (χ3v) is 13.6. The number of amides is 2. The molecule has 240 valence electrons. The Labute approximate surface area is 263 Å². The van der Waals surface area contributed by atoms with Gasteiger partial charge in [0.05, 0.1) is 35.1 Å². The number of carbonyl (C=O) groups is 2. The summed E-state index contributed by atoms with van der Waals surface area (Å²) in [5.74, 6) is 1.70. The quantitative estimate of drug-likeness (QED) is 0.470. The van der Waals surface area contributed by atoms with Crippen LogP contribution in [-0.4, -0.2) is 80.3 Å². The maximum atomic E-state index is 13.2. The van der Waals surface area contributed by atoms with E-state index in [4.69, 9.17) is 15.6 Å². The predicted octanol–water partition coefficient (Wildman–Crippen LogP) is 2.98. The fourth-order valence-corrected chi connectivity index (χ4v) is 10.8. The van der Waals surface area contributed by atoms with E-state index >= 15 is 0 Å². The van der Waals surface area contributed by atoms with E-state index in [1.807, 2.05) is 42.6 Å². The zero-order valence-electron chi connectivity index (χ0n) is 25.4. The van der Waals surface area contributed by atoms with Gasteiger partial charge in [0.15, 0.2) is 0 Å². The normalized spacial score (nSPS) is 31.1. The largest absolute Gasteiger partial charge is 0.431 e. The van der Waals surface area contributed by atoms with Gasteiger partial charge in [-0.15, -0.1) is 0 Å². The highest BCUT2D eigenvalue weighted by atomic mass is 32.2. The second-order valence-corrected chi connectivity index (χ2v) is 16.1. The van der Waals surface area contributed by atoms with Crippen molar-refractivity contribution in [2.24, 2.45) is 28.9 Å². The molecule has 6 fully saturated rings. The molecule has 2 aromatic rings. The number of hydrogen-bond acceptors (Lipinski definition) is 9. The summed E-state index contributed by atoms with van der Waals surface area (Å²) < 4.78 is 26.8. The number of benzene rings is 1. The number of nitrogens with two attached hydrogens (primary N) is 1. The highest BCUT2D eigenvalue weighted by Gasteiger charge is 2.58. The molecule has 0 radical (unpaired) electrons. The number of primary amides is 1. The number of carbonyl (C=O) groups excluding carboxylic acids is 2. The number of hydroxylamine groups is 1. The summed E-state index contributed by atoms with van der Waals surface area (Å²) in [5, 5.41) is 4.67. The van der Waals surface area contributed by atoms with Gasteiger partial charge in [-0.2, -0.15) is 4.31 Å². The maximum Gasteiger partial charge on any atom is 0.431 e. The van der Waals surface area contributed by atoms with Crippen LogP contribution in [0.4, 0.5) is 27.7 Å². The Morgan fingerprint density at radius 1 is 0.911 bits per heavy atom. The van der Waals surface area contributed by atoms with Crippen molar-refractivity contribution in [2.45, 2.75) is 56.2 Å². The van der Waals surface area contributed by atoms with Gasteiger partial charge in [0.1, 0.15) is 5.82 Å². The number of piperazine rings is 1. The van der Waals surface area contributed by atoms with Crippen LogP contribution in [-0.2, 0) is 19.7 Å². The van der Waals surface area contributed by atoms with Gasteiger partial charge < -0.3 is 25.7 Å². The van der Waals surface area contributed by atoms with Gasteiger partial charge >= 0.3 is 6.09 Å². The molecule has 13 heteroatoms.